The number of pyridine rings is 1. The van der Waals surface area contributed by atoms with E-state index in [2.05, 4.69) is 10.2 Å². The van der Waals surface area contributed by atoms with Crippen LogP contribution >= 0.6 is 11.6 Å². The first-order valence-electron chi connectivity index (χ1n) is 5.84. The van der Waals surface area contributed by atoms with Gasteiger partial charge in [0.05, 0.1) is 10.6 Å². The molecule has 0 fully saturated rings. The summed E-state index contributed by atoms with van der Waals surface area (Å²) in [6.45, 7) is 0. The fourth-order valence-electron chi connectivity index (χ4n) is 1.99. The smallest absolute Gasteiger partial charge is 0.398 e. The number of nitrogens with zero attached hydrogens (tertiary/aromatic N) is 3. The predicted molar refractivity (Wildman–Crippen MR) is 72.8 cm³/mol. The second kappa shape index (κ2) is 4.63. The minimum absolute atomic E-state index is 0.127. The summed E-state index contributed by atoms with van der Waals surface area (Å²) in [4.78, 5) is 0. The number of anilines is 1. The van der Waals surface area contributed by atoms with Crippen molar-refractivity contribution in [3.05, 3.63) is 47.1 Å². The van der Waals surface area contributed by atoms with Crippen molar-refractivity contribution >= 4 is 22.9 Å². The highest BCUT2D eigenvalue weighted by Gasteiger charge is 2.32. The Hall–Kier alpha value is -2.28. The van der Waals surface area contributed by atoms with Crippen LogP contribution in [0.1, 0.15) is 5.56 Å². The average Bonchev–Trinajstić information content (AvgIpc) is 2.82. The zero-order valence-electron chi connectivity index (χ0n) is 10.4. The minimum Gasteiger partial charge on any atom is -0.398 e. The van der Waals surface area contributed by atoms with Crippen molar-refractivity contribution in [3.63, 3.8) is 0 Å². The van der Waals surface area contributed by atoms with Crippen LogP contribution in [0.2, 0.25) is 5.02 Å². The summed E-state index contributed by atoms with van der Waals surface area (Å²) in [6.07, 6.45) is -3.61. The molecule has 0 saturated heterocycles. The van der Waals surface area contributed by atoms with E-state index in [4.69, 9.17) is 17.3 Å². The normalized spacial score (nSPS) is 12.0. The number of nitrogen functional groups attached to an aromatic ring is 1. The van der Waals surface area contributed by atoms with Crippen molar-refractivity contribution < 1.29 is 13.2 Å². The molecule has 0 bridgehead atoms. The number of nitrogens with two attached hydrogens (primary N) is 1. The maximum Gasteiger partial charge on any atom is 0.417 e. The lowest BCUT2D eigenvalue weighted by atomic mass is 10.1. The zero-order chi connectivity index (χ0) is 15.2. The number of hydrogen-bond acceptors (Lipinski definition) is 3. The summed E-state index contributed by atoms with van der Waals surface area (Å²) < 4.78 is 39.8. The van der Waals surface area contributed by atoms with Gasteiger partial charge in [0.2, 0.25) is 0 Å². The highest BCUT2D eigenvalue weighted by molar-refractivity contribution is 6.33. The maximum atomic E-state index is 12.9. The topological polar surface area (TPSA) is 56.2 Å². The molecule has 2 N–H and O–H groups in total. The van der Waals surface area contributed by atoms with E-state index in [0.717, 1.165) is 12.3 Å². The molecule has 2 aromatic heterocycles. The van der Waals surface area contributed by atoms with Gasteiger partial charge < -0.3 is 5.73 Å². The fourth-order valence-corrected chi connectivity index (χ4v) is 2.24. The lowest BCUT2D eigenvalue weighted by Gasteiger charge is -2.09. The van der Waals surface area contributed by atoms with E-state index in [0.29, 0.717) is 11.3 Å². The number of benzene rings is 1. The van der Waals surface area contributed by atoms with Crippen molar-refractivity contribution in [1.29, 1.82) is 0 Å². The largest absolute Gasteiger partial charge is 0.417 e. The molecule has 2 heterocycles. The van der Waals surface area contributed by atoms with E-state index in [9.17, 15) is 13.2 Å². The molecule has 4 nitrogen and oxygen atoms in total. The predicted octanol–water partition coefficient (Wildman–Crippen LogP) is 3.65. The average molecular weight is 313 g/mol. The molecule has 3 aromatic rings. The van der Waals surface area contributed by atoms with Crippen LogP contribution in [0.3, 0.4) is 0 Å². The molecule has 0 aliphatic carbocycles. The standard InChI is InChI=1S/C13H8ClF3N4/c14-9-5-7(13(15,16)17)6-21-11(19-20-12(9)21)8-3-1-2-4-10(8)18/h1-6H,18H2. The molecule has 3 rings (SSSR count). The Morgan fingerprint density at radius 3 is 2.52 bits per heavy atom. The Kier molecular flexibility index (Phi) is 3.02. The first kappa shape index (κ1) is 13.7. The molecule has 21 heavy (non-hydrogen) atoms. The number of hydrogen-bond donors (Lipinski definition) is 1. The Morgan fingerprint density at radius 2 is 1.86 bits per heavy atom. The monoisotopic (exact) mass is 312 g/mol. The van der Waals surface area contributed by atoms with E-state index in [-0.39, 0.29) is 16.5 Å². The second-order valence-electron chi connectivity index (χ2n) is 4.38. The molecule has 108 valence electrons. The van der Waals surface area contributed by atoms with E-state index in [1.165, 1.54) is 4.40 Å². The molecule has 1 aromatic carbocycles. The summed E-state index contributed by atoms with van der Waals surface area (Å²) in [5.74, 6) is 0.205. The molecular formula is C13H8ClF3N4. The van der Waals surface area contributed by atoms with Gasteiger partial charge in [0.1, 0.15) is 0 Å². The van der Waals surface area contributed by atoms with E-state index in [1.54, 1.807) is 24.3 Å². The summed E-state index contributed by atoms with van der Waals surface area (Å²) in [6, 6.07) is 7.54. The van der Waals surface area contributed by atoms with Gasteiger partial charge in [-0.3, -0.25) is 4.40 Å². The third kappa shape index (κ3) is 2.29. The summed E-state index contributed by atoms with van der Waals surface area (Å²) in [5, 5.41) is 7.58. The van der Waals surface area contributed by atoms with Gasteiger partial charge in [0.15, 0.2) is 11.5 Å². The van der Waals surface area contributed by atoms with Crippen molar-refractivity contribution in [3.8, 4) is 11.4 Å². The quantitative estimate of drug-likeness (QED) is 0.698. The van der Waals surface area contributed by atoms with Crippen LogP contribution < -0.4 is 5.73 Å². The third-order valence-electron chi connectivity index (χ3n) is 2.99. The van der Waals surface area contributed by atoms with Gasteiger partial charge >= 0.3 is 6.18 Å². The molecule has 0 saturated carbocycles. The molecular weight excluding hydrogens is 305 g/mol. The molecule has 0 spiro atoms. The number of rotatable bonds is 1. The van der Waals surface area contributed by atoms with Crippen LogP contribution in [-0.4, -0.2) is 14.6 Å². The Bertz CT molecular complexity index is 826. The van der Waals surface area contributed by atoms with Crippen LogP contribution in [0, 0.1) is 0 Å². The molecule has 0 aliphatic heterocycles. The van der Waals surface area contributed by atoms with Crippen LogP contribution in [0.25, 0.3) is 17.0 Å². The van der Waals surface area contributed by atoms with E-state index in [1.807, 2.05) is 0 Å². The maximum absolute atomic E-state index is 12.9. The first-order chi connectivity index (χ1) is 9.88. The minimum atomic E-state index is -4.51. The van der Waals surface area contributed by atoms with Crippen LogP contribution in [-0.2, 0) is 6.18 Å². The van der Waals surface area contributed by atoms with E-state index >= 15 is 0 Å². The highest BCUT2D eigenvalue weighted by Crippen LogP contribution is 2.34. The Morgan fingerprint density at radius 1 is 1.14 bits per heavy atom. The summed E-state index contributed by atoms with van der Waals surface area (Å²) >= 11 is 5.85. The van der Waals surface area contributed by atoms with Gasteiger partial charge in [-0.05, 0) is 18.2 Å². The first-order valence-corrected chi connectivity index (χ1v) is 6.22. The van der Waals surface area contributed by atoms with Gasteiger partial charge in [0.25, 0.3) is 0 Å². The fraction of sp³-hybridized carbons (Fsp3) is 0.0769. The SMILES string of the molecule is Nc1ccccc1-c1nnc2c(Cl)cc(C(F)(F)F)cn12. The second-order valence-corrected chi connectivity index (χ2v) is 4.79. The Labute approximate surface area is 122 Å². The third-order valence-corrected chi connectivity index (χ3v) is 3.27. The van der Waals surface area contributed by atoms with E-state index < -0.39 is 11.7 Å². The number of halogens is 4. The zero-order valence-corrected chi connectivity index (χ0v) is 11.2. The molecule has 0 radical (unpaired) electrons. The molecule has 8 heteroatoms. The van der Waals surface area contributed by atoms with Crippen LogP contribution in [0.15, 0.2) is 36.5 Å². The van der Waals surface area contributed by atoms with Crippen molar-refractivity contribution in [2.24, 2.45) is 0 Å². The van der Waals surface area contributed by atoms with Gasteiger partial charge in [-0.25, -0.2) is 0 Å². The molecule has 0 unspecified atom stereocenters. The Balaban J connectivity index is 2.31. The summed E-state index contributed by atoms with van der Waals surface area (Å²) in [7, 11) is 0. The number of aromatic nitrogens is 3. The number of alkyl halides is 3. The highest BCUT2D eigenvalue weighted by atomic mass is 35.5. The van der Waals surface area contributed by atoms with Crippen molar-refractivity contribution in [2.45, 2.75) is 6.18 Å². The molecule has 0 amide bonds. The number of fused-ring (bicyclic) bond motifs is 1. The van der Waals surface area contributed by atoms with Crippen LogP contribution in [0.4, 0.5) is 18.9 Å². The van der Waals surface area contributed by atoms with Crippen LogP contribution in [0.5, 0.6) is 0 Å². The van der Waals surface area contributed by atoms with Gasteiger partial charge in [-0.15, -0.1) is 10.2 Å². The lowest BCUT2D eigenvalue weighted by molar-refractivity contribution is -0.137. The van der Waals surface area contributed by atoms with Crippen molar-refractivity contribution in [2.75, 3.05) is 5.73 Å². The van der Waals surface area contributed by atoms with Gasteiger partial charge in [0, 0.05) is 17.4 Å². The van der Waals surface area contributed by atoms with Gasteiger partial charge in [-0.1, -0.05) is 23.7 Å². The van der Waals surface area contributed by atoms with Gasteiger partial charge in [-0.2, -0.15) is 13.2 Å². The summed E-state index contributed by atoms with van der Waals surface area (Å²) in [5.41, 5.74) is 5.97. The molecule has 0 atom stereocenters. The van der Waals surface area contributed by atoms with Crippen molar-refractivity contribution in [1.82, 2.24) is 14.6 Å². The molecule has 0 aliphatic rings. The number of para-hydroxylation sites is 1. The lowest BCUT2D eigenvalue weighted by Crippen LogP contribution is -2.07.